The highest BCUT2D eigenvalue weighted by atomic mass is 35.5. The lowest BCUT2D eigenvalue weighted by Crippen LogP contribution is -2.49. The van der Waals surface area contributed by atoms with Gasteiger partial charge in [0, 0.05) is 11.8 Å². The van der Waals surface area contributed by atoms with Gasteiger partial charge in [-0.05, 0) is 63.4 Å². The quantitative estimate of drug-likeness (QED) is 0.769. The monoisotopic (exact) mass is 385 g/mol. The molecule has 2 heterocycles. The Balaban J connectivity index is 2.24. The number of pyridine rings is 1. The SMILES string of the molecule is CCc1ccc(-c2ccc(Cl)cn2)cc1C1=C(O)C(C)(C)OC(C)(C)C1=O. The number of carbonyl (C=O) groups is 1. The lowest BCUT2D eigenvalue weighted by Gasteiger charge is -2.40. The Labute approximate surface area is 164 Å². The van der Waals surface area contributed by atoms with Gasteiger partial charge >= 0.3 is 0 Å². The van der Waals surface area contributed by atoms with Crippen molar-refractivity contribution in [2.24, 2.45) is 0 Å². The Kier molecular flexibility index (Phi) is 4.91. The van der Waals surface area contributed by atoms with E-state index in [0.717, 1.165) is 28.8 Å². The van der Waals surface area contributed by atoms with Crippen LogP contribution in [0, 0.1) is 0 Å². The number of halogens is 1. The maximum Gasteiger partial charge on any atom is 0.198 e. The van der Waals surface area contributed by atoms with Gasteiger partial charge in [0.15, 0.2) is 5.78 Å². The van der Waals surface area contributed by atoms with E-state index >= 15 is 0 Å². The fourth-order valence-corrected chi connectivity index (χ4v) is 3.63. The van der Waals surface area contributed by atoms with E-state index in [0.29, 0.717) is 10.6 Å². The molecule has 0 radical (unpaired) electrons. The minimum absolute atomic E-state index is 0.0391. The summed E-state index contributed by atoms with van der Waals surface area (Å²) < 4.78 is 5.85. The molecule has 0 bridgehead atoms. The van der Waals surface area contributed by atoms with Crippen molar-refractivity contribution in [2.45, 2.75) is 52.2 Å². The van der Waals surface area contributed by atoms with Crippen LogP contribution in [0.15, 0.2) is 42.3 Å². The van der Waals surface area contributed by atoms with Crippen LogP contribution in [-0.4, -0.2) is 27.1 Å². The van der Waals surface area contributed by atoms with Crippen LogP contribution in [0.1, 0.15) is 45.7 Å². The highest BCUT2D eigenvalue weighted by Gasteiger charge is 2.47. The predicted octanol–water partition coefficient (Wildman–Crippen LogP) is 5.39. The summed E-state index contributed by atoms with van der Waals surface area (Å²) in [5.74, 6) is -0.266. The summed E-state index contributed by atoms with van der Waals surface area (Å²) in [5, 5.41) is 11.4. The smallest absolute Gasteiger partial charge is 0.198 e. The number of aromatic nitrogens is 1. The van der Waals surface area contributed by atoms with E-state index in [1.807, 2.05) is 31.2 Å². The molecule has 27 heavy (non-hydrogen) atoms. The fourth-order valence-electron chi connectivity index (χ4n) is 3.52. The van der Waals surface area contributed by atoms with Crippen LogP contribution in [0.2, 0.25) is 5.02 Å². The van der Waals surface area contributed by atoms with Gasteiger partial charge < -0.3 is 9.84 Å². The number of nitrogens with zero attached hydrogens (tertiary/aromatic N) is 1. The zero-order valence-electron chi connectivity index (χ0n) is 16.3. The normalized spacial score (nSPS) is 18.7. The maximum atomic E-state index is 13.1. The number of carbonyl (C=O) groups excluding carboxylic acids is 1. The first kappa shape index (κ1) is 19.6. The zero-order valence-corrected chi connectivity index (χ0v) is 17.0. The molecule has 0 saturated carbocycles. The van der Waals surface area contributed by atoms with Gasteiger partial charge in [0.05, 0.1) is 16.3 Å². The molecule has 0 saturated heterocycles. The van der Waals surface area contributed by atoms with E-state index in [2.05, 4.69) is 4.98 Å². The van der Waals surface area contributed by atoms with Gasteiger partial charge in [0.25, 0.3) is 0 Å². The fraction of sp³-hybridized carbons (Fsp3) is 0.364. The number of ketones is 1. The summed E-state index contributed by atoms with van der Waals surface area (Å²) in [7, 11) is 0. The first-order valence-corrected chi connectivity index (χ1v) is 9.38. The van der Waals surface area contributed by atoms with Gasteiger partial charge in [-0.15, -0.1) is 0 Å². The number of rotatable bonds is 3. The summed E-state index contributed by atoms with van der Waals surface area (Å²) in [6, 6.07) is 9.47. The molecular formula is C22H24ClNO3. The minimum atomic E-state index is -1.02. The van der Waals surface area contributed by atoms with Gasteiger partial charge in [-0.25, -0.2) is 0 Å². The van der Waals surface area contributed by atoms with Crippen molar-refractivity contribution in [1.29, 1.82) is 0 Å². The molecule has 142 valence electrons. The first-order valence-electron chi connectivity index (χ1n) is 9.00. The van der Waals surface area contributed by atoms with Gasteiger partial charge in [0.2, 0.25) is 0 Å². The zero-order chi connectivity index (χ0) is 20.0. The standard InChI is InChI=1S/C22H24ClNO3/c1-6-13-7-8-14(17-10-9-15(23)12-24-17)11-16(13)18-19(25)21(2,3)27-22(4,5)20(18)26/h7-12,25H,6H2,1-5H3. The third-order valence-corrected chi connectivity index (χ3v) is 5.10. The Morgan fingerprint density at radius 3 is 2.41 bits per heavy atom. The van der Waals surface area contributed by atoms with Crippen molar-refractivity contribution in [3.8, 4) is 11.3 Å². The Morgan fingerprint density at radius 1 is 1.11 bits per heavy atom. The maximum absolute atomic E-state index is 13.1. The molecule has 0 atom stereocenters. The molecule has 5 heteroatoms. The number of hydrogen-bond donors (Lipinski definition) is 1. The predicted molar refractivity (Wildman–Crippen MR) is 108 cm³/mol. The van der Waals surface area contributed by atoms with Crippen LogP contribution in [0.5, 0.6) is 0 Å². The van der Waals surface area contributed by atoms with Crippen LogP contribution in [0.4, 0.5) is 0 Å². The van der Waals surface area contributed by atoms with Crippen LogP contribution in [-0.2, 0) is 16.0 Å². The Hall–Kier alpha value is -2.17. The molecule has 0 aliphatic carbocycles. The van der Waals surface area contributed by atoms with Gasteiger partial charge in [0.1, 0.15) is 17.0 Å². The summed E-state index contributed by atoms with van der Waals surface area (Å²) >= 11 is 5.94. The number of aliphatic hydroxyl groups is 1. The van der Waals surface area contributed by atoms with Crippen molar-refractivity contribution in [3.63, 3.8) is 0 Å². The number of ether oxygens (including phenoxy) is 1. The number of aryl methyl sites for hydroxylation is 1. The molecule has 1 aliphatic rings. The summed E-state index contributed by atoms with van der Waals surface area (Å²) in [6.45, 7) is 9.04. The molecule has 1 N–H and O–H groups in total. The molecule has 1 aromatic carbocycles. The van der Waals surface area contributed by atoms with Crippen LogP contribution in [0.25, 0.3) is 16.8 Å². The first-order chi connectivity index (χ1) is 12.6. The van der Waals surface area contributed by atoms with Crippen LogP contribution in [0.3, 0.4) is 0 Å². The average Bonchev–Trinajstić information content (AvgIpc) is 2.60. The number of aliphatic hydroxyl groups excluding tert-OH is 1. The highest BCUT2D eigenvalue weighted by molar-refractivity contribution is 6.30. The number of Topliss-reactive ketones (excluding diaryl/α,β-unsaturated/α-hetero) is 1. The molecule has 0 amide bonds. The van der Waals surface area contributed by atoms with Gasteiger partial charge in [-0.1, -0.05) is 30.7 Å². The van der Waals surface area contributed by atoms with Crippen molar-refractivity contribution >= 4 is 23.0 Å². The minimum Gasteiger partial charge on any atom is -0.508 e. The Morgan fingerprint density at radius 2 is 1.81 bits per heavy atom. The second kappa shape index (κ2) is 6.77. The summed E-state index contributed by atoms with van der Waals surface area (Å²) in [5.41, 5.74) is 1.66. The van der Waals surface area contributed by atoms with Crippen LogP contribution < -0.4 is 0 Å². The van der Waals surface area contributed by atoms with E-state index < -0.39 is 11.2 Å². The van der Waals surface area contributed by atoms with E-state index in [-0.39, 0.29) is 11.5 Å². The number of benzene rings is 1. The van der Waals surface area contributed by atoms with Crippen molar-refractivity contribution in [1.82, 2.24) is 4.98 Å². The number of hydrogen-bond acceptors (Lipinski definition) is 4. The molecule has 0 fully saturated rings. The van der Waals surface area contributed by atoms with E-state index in [1.54, 1.807) is 40.0 Å². The third kappa shape index (κ3) is 3.52. The van der Waals surface area contributed by atoms with Crippen LogP contribution >= 0.6 is 11.6 Å². The van der Waals surface area contributed by atoms with Crippen molar-refractivity contribution < 1.29 is 14.6 Å². The van der Waals surface area contributed by atoms with E-state index in [4.69, 9.17) is 16.3 Å². The average molecular weight is 386 g/mol. The molecule has 0 unspecified atom stereocenters. The largest absolute Gasteiger partial charge is 0.508 e. The Bertz CT molecular complexity index is 927. The molecule has 3 rings (SSSR count). The van der Waals surface area contributed by atoms with Crippen molar-refractivity contribution in [2.75, 3.05) is 0 Å². The van der Waals surface area contributed by atoms with E-state index in [9.17, 15) is 9.90 Å². The van der Waals surface area contributed by atoms with Gasteiger partial charge in [-0.3, -0.25) is 9.78 Å². The van der Waals surface area contributed by atoms with Gasteiger partial charge in [-0.2, -0.15) is 0 Å². The highest BCUT2D eigenvalue weighted by Crippen LogP contribution is 2.41. The third-order valence-electron chi connectivity index (χ3n) is 4.87. The molecular weight excluding hydrogens is 362 g/mol. The summed E-state index contributed by atoms with van der Waals surface area (Å²) in [6.07, 6.45) is 2.32. The van der Waals surface area contributed by atoms with Crippen molar-refractivity contribution in [3.05, 3.63) is 58.4 Å². The second-order valence-corrected chi connectivity index (χ2v) is 8.20. The lowest BCUT2D eigenvalue weighted by molar-refractivity contribution is -0.158. The molecule has 1 aromatic heterocycles. The lowest BCUT2D eigenvalue weighted by atomic mass is 9.81. The molecule has 2 aromatic rings. The second-order valence-electron chi connectivity index (χ2n) is 7.76. The summed E-state index contributed by atoms with van der Waals surface area (Å²) in [4.78, 5) is 17.5. The topological polar surface area (TPSA) is 59.4 Å². The molecule has 1 aliphatic heterocycles. The molecule has 0 spiro atoms. The van der Waals surface area contributed by atoms with E-state index in [1.165, 1.54) is 0 Å². The molecule has 4 nitrogen and oxygen atoms in total.